The fraction of sp³-hybridized carbons (Fsp3) is 0.278. The number of hydrogen-bond acceptors (Lipinski definition) is 3. The molecule has 1 aliphatic rings. The average Bonchev–Trinajstić information content (AvgIpc) is 3.01. The lowest BCUT2D eigenvalue weighted by Crippen LogP contribution is -2.55. The number of pyridine rings is 1. The number of nitrogens with zero attached hydrogens (tertiary/aromatic N) is 2. The maximum Gasteiger partial charge on any atom is 0.330 e. The van der Waals surface area contributed by atoms with E-state index in [1.54, 1.807) is 0 Å². The Hall–Kier alpha value is -1.83. The summed E-state index contributed by atoms with van der Waals surface area (Å²) >= 11 is 15.1. The molecule has 142 valence electrons. The predicted molar refractivity (Wildman–Crippen MR) is 107 cm³/mol. The molecule has 2 heterocycles. The van der Waals surface area contributed by atoms with Gasteiger partial charge in [0.1, 0.15) is 15.8 Å². The summed E-state index contributed by atoms with van der Waals surface area (Å²) in [5.74, 6) is -1.02. The van der Waals surface area contributed by atoms with Crippen molar-refractivity contribution in [3.05, 3.63) is 56.7 Å². The monoisotopic (exact) mass is 471 g/mol. The van der Waals surface area contributed by atoms with Gasteiger partial charge in [0, 0.05) is 23.1 Å². The number of carboxylic acid groups (broad SMARTS) is 1. The minimum atomic E-state index is -1.31. The van der Waals surface area contributed by atoms with Gasteiger partial charge < -0.3 is 15.3 Å². The van der Waals surface area contributed by atoms with Crippen molar-refractivity contribution in [2.24, 2.45) is 0 Å². The molecule has 2 N–H and O–H groups in total. The van der Waals surface area contributed by atoms with E-state index < -0.39 is 17.5 Å². The highest BCUT2D eigenvalue weighted by Crippen LogP contribution is 2.34. The number of aromatic nitrogens is 1. The van der Waals surface area contributed by atoms with Crippen LogP contribution < -0.4 is 5.32 Å². The zero-order chi connectivity index (χ0) is 19.6. The van der Waals surface area contributed by atoms with E-state index in [0.29, 0.717) is 25.1 Å². The zero-order valence-electron chi connectivity index (χ0n) is 14.1. The van der Waals surface area contributed by atoms with E-state index in [2.05, 4.69) is 26.2 Å². The molecule has 0 unspecified atom stereocenters. The number of carboxylic acids is 1. The van der Waals surface area contributed by atoms with E-state index in [9.17, 15) is 14.7 Å². The van der Waals surface area contributed by atoms with E-state index in [1.807, 2.05) is 24.3 Å². The summed E-state index contributed by atoms with van der Waals surface area (Å²) in [4.78, 5) is 30.2. The average molecular weight is 473 g/mol. The van der Waals surface area contributed by atoms with Crippen molar-refractivity contribution in [2.75, 3.05) is 11.9 Å². The first-order chi connectivity index (χ1) is 12.8. The van der Waals surface area contributed by atoms with Crippen molar-refractivity contribution in [3.8, 4) is 0 Å². The van der Waals surface area contributed by atoms with Gasteiger partial charge >= 0.3 is 12.0 Å². The number of amides is 2. The van der Waals surface area contributed by atoms with Crippen LogP contribution in [0.2, 0.25) is 10.3 Å². The van der Waals surface area contributed by atoms with E-state index >= 15 is 0 Å². The van der Waals surface area contributed by atoms with Gasteiger partial charge in [-0.15, -0.1) is 0 Å². The third-order valence-electron chi connectivity index (χ3n) is 4.56. The molecule has 0 radical (unpaired) electrons. The summed E-state index contributed by atoms with van der Waals surface area (Å²) in [6, 6.07) is 9.82. The lowest BCUT2D eigenvalue weighted by Gasteiger charge is -2.35. The molecular weight excluding hydrogens is 457 g/mol. The number of anilines is 1. The van der Waals surface area contributed by atoms with Crippen molar-refractivity contribution in [1.29, 1.82) is 0 Å². The number of halogens is 3. The topological polar surface area (TPSA) is 82.5 Å². The number of carbonyl (C=O) groups is 2. The van der Waals surface area contributed by atoms with Gasteiger partial charge in [0.25, 0.3) is 0 Å². The highest BCUT2D eigenvalue weighted by molar-refractivity contribution is 9.10. The fourth-order valence-corrected chi connectivity index (χ4v) is 4.05. The van der Waals surface area contributed by atoms with Crippen LogP contribution in [0, 0.1) is 0 Å². The quantitative estimate of drug-likeness (QED) is 0.623. The normalized spacial score (nSPS) is 19.1. The zero-order valence-corrected chi connectivity index (χ0v) is 17.2. The molecule has 0 spiro atoms. The Labute approximate surface area is 174 Å². The first-order valence-corrected chi connectivity index (χ1v) is 9.75. The van der Waals surface area contributed by atoms with Crippen LogP contribution in [-0.4, -0.2) is 39.1 Å². The Morgan fingerprint density at radius 1 is 1.22 bits per heavy atom. The predicted octanol–water partition coefficient (Wildman–Crippen LogP) is 4.84. The molecule has 3 rings (SSSR count). The van der Waals surface area contributed by atoms with Gasteiger partial charge in [0.05, 0.1) is 0 Å². The van der Waals surface area contributed by atoms with E-state index in [1.165, 1.54) is 17.0 Å². The van der Waals surface area contributed by atoms with Gasteiger partial charge in [-0.3, -0.25) is 0 Å². The number of carbonyl (C=O) groups excluding carboxylic acids is 1. The van der Waals surface area contributed by atoms with Gasteiger partial charge in [-0.25, -0.2) is 14.6 Å². The molecule has 27 heavy (non-hydrogen) atoms. The number of hydrogen-bond donors (Lipinski definition) is 2. The molecule has 0 bridgehead atoms. The summed E-state index contributed by atoms with van der Waals surface area (Å²) in [6.07, 6.45) is 1.21. The van der Waals surface area contributed by atoms with Gasteiger partial charge in [-0.1, -0.05) is 51.3 Å². The third kappa shape index (κ3) is 4.36. The maximum absolute atomic E-state index is 12.8. The van der Waals surface area contributed by atoms with Gasteiger partial charge in [0.2, 0.25) is 0 Å². The number of rotatable bonds is 4. The first-order valence-electron chi connectivity index (χ1n) is 8.20. The van der Waals surface area contributed by atoms with Gasteiger partial charge in [0.15, 0.2) is 0 Å². The first kappa shape index (κ1) is 19.9. The molecule has 2 amide bonds. The standard InChI is InChI=1S/C18H16BrCl2N3O3/c19-12-4-2-11(3-5-12)10-18(16(25)26)6-1-7-24(18)17(27)22-13-8-14(20)23-15(21)9-13/h2-5,8-9H,1,6-7,10H2,(H,25,26)(H,22,23,27)/t18-/m1/s1. The lowest BCUT2D eigenvalue weighted by molar-refractivity contribution is -0.148. The van der Waals surface area contributed by atoms with Crippen molar-refractivity contribution < 1.29 is 14.7 Å². The van der Waals surface area contributed by atoms with Crippen molar-refractivity contribution in [3.63, 3.8) is 0 Å². The van der Waals surface area contributed by atoms with Crippen LogP contribution in [0.25, 0.3) is 0 Å². The minimum absolute atomic E-state index is 0.138. The second kappa shape index (κ2) is 8.04. The molecule has 2 aromatic rings. The SMILES string of the molecule is O=C(Nc1cc(Cl)nc(Cl)c1)N1CCC[C@@]1(Cc1ccc(Br)cc1)C(=O)O. The molecule has 6 nitrogen and oxygen atoms in total. The van der Waals surface area contributed by atoms with Crippen LogP contribution in [0.5, 0.6) is 0 Å². The number of likely N-dealkylation sites (tertiary alicyclic amines) is 1. The number of aliphatic carboxylic acids is 1. The van der Waals surface area contributed by atoms with Crippen LogP contribution in [0.4, 0.5) is 10.5 Å². The van der Waals surface area contributed by atoms with Crippen molar-refractivity contribution >= 4 is 56.8 Å². The summed E-state index contributed by atoms with van der Waals surface area (Å²) in [7, 11) is 0. The van der Waals surface area contributed by atoms with Crippen LogP contribution in [-0.2, 0) is 11.2 Å². The smallest absolute Gasteiger partial charge is 0.330 e. The number of nitrogens with one attached hydrogen (secondary N) is 1. The Balaban J connectivity index is 1.86. The maximum atomic E-state index is 12.8. The van der Waals surface area contributed by atoms with Gasteiger partial charge in [-0.2, -0.15) is 0 Å². The summed E-state index contributed by atoms with van der Waals surface area (Å²) in [5, 5.41) is 12.9. The molecule has 1 aromatic heterocycles. The summed E-state index contributed by atoms with van der Waals surface area (Å²) < 4.78 is 0.906. The highest BCUT2D eigenvalue weighted by atomic mass is 79.9. The largest absolute Gasteiger partial charge is 0.479 e. The van der Waals surface area contributed by atoms with E-state index in [-0.39, 0.29) is 16.7 Å². The number of urea groups is 1. The van der Waals surface area contributed by atoms with Crippen LogP contribution >= 0.6 is 39.1 Å². The second-order valence-corrected chi connectivity index (χ2v) is 8.02. The molecule has 1 fully saturated rings. The molecule has 0 saturated carbocycles. The fourth-order valence-electron chi connectivity index (χ4n) is 3.32. The molecule has 0 aliphatic carbocycles. The Morgan fingerprint density at radius 3 is 2.44 bits per heavy atom. The van der Waals surface area contributed by atoms with Crippen LogP contribution in [0.15, 0.2) is 40.9 Å². The van der Waals surface area contributed by atoms with Gasteiger partial charge in [-0.05, 0) is 42.7 Å². The highest BCUT2D eigenvalue weighted by Gasteiger charge is 2.50. The third-order valence-corrected chi connectivity index (χ3v) is 5.47. The van der Waals surface area contributed by atoms with E-state index in [0.717, 1.165) is 10.0 Å². The van der Waals surface area contributed by atoms with Crippen LogP contribution in [0.3, 0.4) is 0 Å². The second-order valence-electron chi connectivity index (χ2n) is 6.33. The molecule has 1 saturated heterocycles. The lowest BCUT2D eigenvalue weighted by atomic mass is 9.88. The Bertz CT molecular complexity index is 858. The molecule has 1 aromatic carbocycles. The van der Waals surface area contributed by atoms with Crippen molar-refractivity contribution in [2.45, 2.75) is 24.8 Å². The molecule has 1 atom stereocenters. The molecular formula is C18H16BrCl2N3O3. The Kier molecular flexibility index (Phi) is 5.93. The molecule has 1 aliphatic heterocycles. The van der Waals surface area contributed by atoms with Crippen molar-refractivity contribution in [1.82, 2.24) is 9.88 Å². The summed E-state index contributed by atoms with van der Waals surface area (Å²) in [6.45, 7) is 0.348. The Morgan fingerprint density at radius 2 is 1.85 bits per heavy atom. The van der Waals surface area contributed by atoms with E-state index in [4.69, 9.17) is 23.2 Å². The number of benzene rings is 1. The molecule has 9 heteroatoms. The van der Waals surface area contributed by atoms with Crippen LogP contribution in [0.1, 0.15) is 18.4 Å². The minimum Gasteiger partial charge on any atom is -0.479 e. The summed E-state index contributed by atoms with van der Waals surface area (Å²) in [5.41, 5.74) is -0.103.